The quantitative estimate of drug-likeness (QED) is 0.725. The number of nitrogens with zero attached hydrogens (tertiary/aromatic N) is 2. The Morgan fingerprint density at radius 2 is 1.18 bits per heavy atom. The third-order valence-corrected chi connectivity index (χ3v) is 4.94. The van der Waals surface area contributed by atoms with Crippen molar-refractivity contribution in [1.29, 1.82) is 0 Å². The molecule has 2 aliphatic heterocycles. The van der Waals surface area contributed by atoms with E-state index in [1.807, 2.05) is 37.3 Å². The third-order valence-electron chi connectivity index (χ3n) is 4.41. The van der Waals surface area contributed by atoms with Gasteiger partial charge in [-0.25, -0.2) is 0 Å². The molecule has 2 aromatic carbocycles. The van der Waals surface area contributed by atoms with Crippen LogP contribution in [-0.4, -0.2) is 41.7 Å². The average Bonchev–Trinajstić information content (AvgIpc) is 3.31. The topological polar surface area (TPSA) is 65.2 Å². The molecule has 0 fully saturated rings. The van der Waals surface area contributed by atoms with Crippen LogP contribution in [0, 0.1) is 0 Å². The fraction of sp³-hybridized carbons (Fsp3) is 0.182. The second-order valence-corrected chi connectivity index (χ2v) is 7.80. The molecule has 0 aromatic heterocycles. The second kappa shape index (κ2) is 9.28. The Balaban J connectivity index is 0.000000162. The molecule has 0 saturated heterocycles. The Kier molecular flexibility index (Phi) is 6.78. The van der Waals surface area contributed by atoms with Gasteiger partial charge in [-0.2, -0.15) is 0 Å². The molecule has 2 aromatic rings. The fourth-order valence-electron chi connectivity index (χ4n) is 2.87. The number of rotatable bonds is 3. The largest absolute Gasteiger partial charge is 0.488 e. The summed E-state index contributed by atoms with van der Waals surface area (Å²) in [5.41, 5.74) is 7.35. The predicted octanol–water partition coefficient (Wildman–Crippen LogP) is 3.31. The lowest BCUT2D eigenvalue weighted by molar-refractivity contribution is 0.426. The van der Waals surface area contributed by atoms with E-state index < -0.39 is 7.12 Å². The van der Waals surface area contributed by atoms with Gasteiger partial charge in [-0.05, 0) is 65.9 Å². The summed E-state index contributed by atoms with van der Waals surface area (Å²) < 4.78 is 1.11. The normalized spacial score (nSPS) is 15.2. The zero-order chi connectivity index (χ0) is 20.1. The van der Waals surface area contributed by atoms with Crippen LogP contribution in [0.2, 0.25) is 0 Å². The number of allylic oxidation sites excluding steroid dienone is 2. The minimum atomic E-state index is -1.40. The van der Waals surface area contributed by atoms with Crippen molar-refractivity contribution in [3.8, 4) is 0 Å². The smallest absolute Gasteiger partial charge is 0.423 e. The highest BCUT2D eigenvalue weighted by Crippen LogP contribution is 2.15. The van der Waals surface area contributed by atoms with Crippen LogP contribution in [0.3, 0.4) is 0 Å². The van der Waals surface area contributed by atoms with Gasteiger partial charge in [-0.15, -0.1) is 0 Å². The van der Waals surface area contributed by atoms with E-state index in [2.05, 4.69) is 51.0 Å². The van der Waals surface area contributed by atoms with Crippen LogP contribution >= 0.6 is 15.9 Å². The van der Waals surface area contributed by atoms with Gasteiger partial charge in [0.05, 0.1) is 24.5 Å². The molecule has 4 rings (SSSR count). The van der Waals surface area contributed by atoms with Crippen molar-refractivity contribution >= 4 is 39.9 Å². The molecule has 6 heteroatoms. The molecule has 0 spiro atoms. The maximum atomic E-state index is 8.94. The molecule has 142 valence electrons. The van der Waals surface area contributed by atoms with E-state index in [1.54, 1.807) is 12.1 Å². The monoisotopic (exact) mass is 436 g/mol. The number of halogens is 1. The summed E-state index contributed by atoms with van der Waals surface area (Å²) in [5, 5.41) is 17.9. The zero-order valence-electron chi connectivity index (χ0n) is 15.9. The molecular formula is C22H22BBrN2O2. The van der Waals surface area contributed by atoms with E-state index in [0.29, 0.717) is 5.46 Å². The lowest BCUT2D eigenvalue weighted by Crippen LogP contribution is -2.29. The maximum absolute atomic E-state index is 8.94. The minimum Gasteiger partial charge on any atom is -0.423 e. The van der Waals surface area contributed by atoms with Crippen LogP contribution in [0.1, 0.15) is 25.0 Å². The van der Waals surface area contributed by atoms with Crippen molar-refractivity contribution < 1.29 is 10.0 Å². The molecule has 0 unspecified atom stereocenters. The van der Waals surface area contributed by atoms with Crippen LogP contribution in [0.5, 0.6) is 0 Å². The predicted molar refractivity (Wildman–Crippen MR) is 121 cm³/mol. The van der Waals surface area contributed by atoms with E-state index in [9.17, 15) is 0 Å². The first-order valence-corrected chi connectivity index (χ1v) is 9.87. The Morgan fingerprint density at radius 3 is 1.54 bits per heavy atom. The van der Waals surface area contributed by atoms with E-state index in [1.165, 1.54) is 16.7 Å². The first-order valence-electron chi connectivity index (χ1n) is 9.08. The SMILES string of the molecule is CC1=CC(c2ccc(B(O)O)cc2)=NC1.CC1=CC(c2ccc(Br)cc2)=NC1. The van der Waals surface area contributed by atoms with Gasteiger partial charge in [0, 0.05) is 4.47 Å². The van der Waals surface area contributed by atoms with Gasteiger partial charge >= 0.3 is 7.12 Å². The zero-order valence-corrected chi connectivity index (χ0v) is 17.5. The number of aliphatic imine (C=N–C) groups is 2. The van der Waals surface area contributed by atoms with Gasteiger partial charge in [-0.1, -0.05) is 52.3 Å². The molecule has 0 aliphatic carbocycles. The van der Waals surface area contributed by atoms with Crippen molar-refractivity contribution in [3.63, 3.8) is 0 Å². The summed E-state index contributed by atoms with van der Waals surface area (Å²) in [6.45, 7) is 5.77. The first kappa shape index (κ1) is 20.5. The van der Waals surface area contributed by atoms with Gasteiger partial charge in [0.1, 0.15) is 0 Å². The summed E-state index contributed by atoms with van der Waals surface area (Å²) in [6, 6.07) is 15.3. The summed E-state index contributed by atoms with van der Waals surface area (Å²) >= 11 is 3.41. The Labute approximate surface area is 174 Å². The molecular weight excluding hydrogens is 415 g/mol. The molecule has 2 heterocycles. The van der Waals surface area contributed by atoms with Crippen LogP contribution in [0.25, 0.3) is 0 Å². The van der Waals surface area contributed by atoms with Crippen molar-refractivity contribution in [1.82, 2.24) is 0 Å². The highest BCUT2D eigenvalue weighted by molar-refractivity contribution is 9.10. The Hall–Kier alpha value is -2.28. The highest BCUT2D eigenvalue weighted by atomic mass is 79.9. The van der Waals surface area contributed by atoms with Gasteiger partial charge in [0.2, 0.25) is 0 Å². The van der Waals surface area contributed by atoms with Gasteiger partial charge in [0.15, 0.2) is 0 Å². The molecule has 0 radical (unpaired) electrons. The van der Waals surface area contributed by atoms with Crippen molar-refractivity contribution in [2.45, 2.75) is 13.8 Å². The summed E-state index contributed by atoms with van der Waals surface area (Å²) in [5.74, 6) is 0. The van der Waals surface area contributed by atoms with E-state index in [0.717, 1.165) is 34.5 Å². The minimum absolute atomic E-state index is 0.498. The number of hydrogen-bond acceptors (Lipinski definition) is 4. The molecule has 0 bridgehead atoms. The Morgan fingerprint density at radius 1 is 0.750 bits per heavy atom. The molecule has 28 heavy (non-hydrogen) atoms. The van der Waals surface area contributed by atoms with Crippen molar-refractivity contribution in [2.75, 3.05) is 13.1 Å². The van der Waals surface area contributed by atoms with Gasteiger partial charge in [0.25, 0.3) is 0 Å². The van der Waals surface area contributed by atoms with Crippen LogP contribution in [0.15, 0.2) is 86.3 Å². The summed E-state index contributed by atoms with van der Waals surface area (Å²) in [7, 11) is -1.40. The van der Waals surface area contributed by atoms with Crippen LogP contribution in [-0.2, 0) is 0 Å². The molecule has 2 aliphatic rings. The number of hydrogen-bond donors (Lipinski definition) is 2. The second-order valence-electron chi connectivity index (χ2n) is 6.89. The molecule has 0 saturated carbocycles. The summed E-state index contributed by atoms with van der Waals surface area (Å²) in [6.07, 6.45) is 4.19. The average molecular weight is 437 g/mol. The molecule has 0 amide bonds. The summed E-state index contributed by atoms with van der Waals surface area (Å²) in [4.78, 5) is 8.79. The Bertz CT molecular complexity index is 959. The maximum Gasteiger partial charge on any atom is 0.488 e. The standard InChI is InChI=1S/C11H12BNO2.C11H10BrN/c1-8-6-11(13-7-8)9-2-4-10(5-3-9)12(14)15;1-8-6-11(13-7-8)9-2-4-10(12)5-3-9/h2-6,14-15H,7H2,1H3;2-6H,7H2,1H3. The molecule has 4 nitrogen and oxygen atoms in total. The van der Waals surface area contributed by atoms with Gasteiger partial charge < -0.3 is 10.0 Å². The molecule has 0 atom stereocenters. The van der Waals surface area contributed by atoms with E-state index in [4.69, 9.17) is 10.0 Å². The van der Waals surface area contributed by atoms with Crippen molar-refractivity contribution in [2.24, 2.45) is 9.98 Å². The van der Waals surface area contributed by atoms with Crippen LogP contribution < -0.4 is 5.46 Å². The highest BCUT2D eigenvalue weighted by Gasteiger charge is 2.12. The fourth-order valence-corrected chi connectivity index (χ4v) is 3.13. The van der Waals surface area contributed by atoms with E-state index >= 15 is 0 Å². The van der Waals surface area contributed by atoms with Gasteiger partial charge in [-0.3, -0.25) is 9.98 Å². The van der Waals surface area contributed by atoms with Crippen LogP contribution in [0.4, 0.5) is 0 Å². The third kappa shape index (κ3) is 5.38. The number of benzene rings is 2. The molecule has 2 N–H and O–H groups in total. The van der Waals surface area contributed by atoms with E-state index in [-0.39, 0.29) is 0 Å². The van der Waals surface area contributed by atoms with Crippen molar-refractivity contribution in [3.05, 3.63) is 87.4 Å². The first-order chi connectivity index (χ1) is 13.4. The lowest BCUT2D eigenvalue weighted by atomic mass is 9.80. The lowest BCUT2D eigenvalue weighted by Gasteiger charge is -2.01.